The van der Waals surface area contributed by atoms with E-state index in [1.807, 2.05) is 0 Å². The molecule has 0 amide bonds. The maximum absolute atomic E-state index is 2.55. The molecule has 0 aliphatic carbocycles. The van der Waals surface area contributed by atoms with Gasteiger partial charge in [0, 0.05) is 25.0 Å². The Morgan fingerprint density at radius 2 is 1.20 bits per heavy atom. The second kappa shape index (κ2) is 14.5. The Bertz CT molecular complexity index is 324. The molecule has 1 unspecified atom stereocenters. The van der Waals surface area contributed by atoms with Crippen LogP contribution in [0.5, 0.6) is 0 Å². The molecule has 0 bridgehead atoms. The first-order valence-electron chi connectivity index (χ1n) is 11.4. The monoisotopic (exact) mass is 350 g/mol. The first-order chi connectivity index (χ1) is 12.2. The first kappa shape index (κ1) is 22.4. The highest BCUT2D eigenvalue weighted by molar-refractivity contribution is 4.98. The molecule has 148 valence electrons. The summed E-state index contributed by atoms with van der Waals surface area (Å²) in [4.78, 5) is 5.10. The highest BCUT2D eigenvalue weighted by Gasteiger charge is 2.26. The molecule has 0 aromatic rings. The zero-order valence-electron chi connectivity index (χ0n) is 17.8. The van der Waals surface area contributed by atoms with Crippen molar-refractivity contribution in [1.82, 2.24) is 9.80 Å². The Hall–Kier alpha value is -0.660. The maximum atomic E-state index is 2.55. The van der Waals surface area contributed by atoms with E-state index in [0.717, 1.165) is 0 Å². The van der Waals surface area contributed by atoms with Gasteiger partial charge in [0.25, 0.3) is 0 Å². The number of rotatable bonds is 16. The van der Waals surface area contributed by atoms with Gasteiger partial charge < -0.3 is 9.80 Å². The van der Waals surface area contributed by atoms with Gasteiger partial charge in [-0.25, -0.2) is 0 Å². The third-order valence-electron chi connectivity index (χ3n) is 5.55. The second-order valence-electron chi connectivity index (χ2n) is 8.24. The maximum Gasteiger partial charge on any atom is 0.101 e. The molecule has 1 atom stereocenters. The Labute approximate surface area is 159 Å². The van der Waals surface area contributed by atoms with E-state index in [2.05, 4.69) is 49.9 Å². The van der Waals surface area contributed by atoms with Crippen molar-refractivity contribution < 1.29 is 0 Å². The molecule has 2 nitrogen and oxygen atoms in total. The molecule has 0 N–H and O–H groups in total. The summed E-state index contributed by atoms with van der Waals surface area (Å²) >= 11 is 0. The van der Waals surface area contributed by atoms with E-state index in [4.69, 9.17) is 0 Å². The van der Waals surface area contributed by atoms with Crippen molar-refractivity contribution >= 4 is 0 Å². The summed E-state index contributed by atoms with van der Waals surface area (Å²) in [5, 5.41) is 0. The molecule has 1 rings (SSSR count). The van der Waals surface area contributed by atoms with Gasteiger partial charge in [0.15, 0.2) is 0 Å². The fourth-order valence-corrected chi connectivity index (χ4v) is 4.01. The van der Waals surface area contributed by atoms with Crippen molar-refractivity contribution in [2.24, 2.45) is 0 Å². The van der Waals surface area contributed by atoms with Crippen molar-refractivity contribution in [3.05, 3.63) is 12.4 Å². The molecule has 2 heteroatoms. The largest absolute Gasteiger partial charge is 0.356 e. The van der Waals surface area contributed by atoms with Crippen LogP contribution in [0.1, 0.15) is 118 Å². The zero-order valence-corrected chi connectivity index (χ0v) is 17.8. The van der Waals surface area contributed by atoms with Gasteiger partial charge in [-0.05, 0) is 33.1 Å². The fourth-order valence-electron chi connectivity index (χ4n) is 4.01. The Balaban J connectivity index is 2.01. The SMILES string of the molecule is CCCCCCCCCCCCCCC1N(CCC)C=CN1C(C)C. The van der Waals surface area contributed by atoms with E-state index in [-0.39, 0.29) is 0 Å². The zero-order chi connectivity index (χ0) is 18.3. The Kier molecular flexibility index (Phi) is 13.0. The van der Waals surface area contributed by atoms with E-state index in [1.54, 1.807) is 0 Å². The molecule has 0 saturated carbocycles. The first-order valence-corrected chi connectivity index (χ1v) is 11.4. The molecule has 1 heterocycles. The molecule has 0 spiro atoms. The van der Waals surface area contributed by atoms with Gasteiger partial charge in [-0.15, -0.1) is 0 Å². The topological polar surface area (TPSA) is 6.48 Å². The minimum Gasteiger partial charge on any atom is -0.356 e. The summed E-state index contributed by atoms with van der Waals surface area (Å²) < 4.78 is 0. The van der Waals surface area contributed by atoms with E-state index in [9.17, 15) is 0 Å². The van der Waals surface area contributed by atoms with Crippen LogP contribution in [0.15, 0.2) is 12.4 Å². The van der Waals surface area contributed by atoms with Crippen LogP contribution in [-0.2, 0) is 0 Å². The average Bonchev–Trinajstić information content (AvgIpc) is 2.99. The Morgan fingerprint density at radius 3 is 1.68 bits per heavy atom. The molecule has 0 aromatic heterocycles. The lowest BCUT2D eigenvalue weighted by Gasteiger charge is -2.35. The number of hydrogen-bond donors (Lipinski definition) is 0. The van der Waals surface area contributed by atoms with Crippen molar-refractivity contribution in [3.8, 4) is 0 Å². The van der Waals surface area contributed by atoms with Crippen molar-refractivity contribution in [2.45, 2.75) is 130 Å². The average molecular weight is 351 g/mol. The standard InChI is InChI=1S/C23H46N2/c1-5-7-8-9-10-11-12-13-14-15-16-17-18-23-24(19-6-2)20-21-25(23)22(3)4/h20-23H,5-19H2,1-4H3. The van der Waals surface area contributed by atoms with Gasteiger partial charge in [0.2, 0.25) is 0 Å². The smallest absolute Gasteiger partial charge is 0.101 e. The summed E-state index contributed by atoms with van der Waals surface area (Å²) in [6, 6.07) is 0.612. The fraction of sp³-hybridized carbons (Fsp3) is 0.913. The lowest BCUT2D eigenvalue weighted by Crippen LogP contribution is -2.42. The van der Waals surface area contributed by atoms with Gasteiger partial charge in [-0.3, -0.25) is 0 Å². The summed E-state index contributed by atoms with van der Waals surface area (Å²) in [7, 11) is 0. The highest BCUT2D eigenvalue weighted by Crippen LogP contribution is 2.24. The van der Waals surface area contributed by atoms with Crippen molar-refractivity contribution in [1.29, 1.82) is 0 Å². The van der Waals surface area contributed by atoms with Crippen molar-refractivity contribution in [2.75, 3.05) is 6.54 Å². The van der Waals surface area contributed by atoms with Gasteiger partial charge in [-0.2, -0.15) is 0 Å². The van der Waals surface area contributed by atoms with Gasteiger partial charge >= 0.3 is 0 Å². The van der Waals surface area contributed by atoms with Crippen LogP contribution in [0.2, 0.25) is 0 Å². The van der Waals surface area contributed by atoms with Crippen LogP contribution in [0.3, 0.4) is 0 Å². The molecular weight excluding hydrogens is 304 g/mol. The molecular formula is C23H46N2. The molecule has 1 aliphatic heterocycles. The van der Waals surface area contributed by atoms with Crippen LogP contribution in [-0.4, -0.2) is 28.6 Å². The van der Waals surface area contributed by atoms with Crippen molar-refractivity contribution in [3.63, 3.8) is 0 Å². The molecule has 25 heavy (non-hydrogen) atoms. The predicted octanol–water partition coefficient (Wildman–Crippen LogP) is 7.31. The van der Waals surface area contributed by atoms with Crippen LogP contribution in [0.25, 0.3) is 0 Å². The van der Waals surface area contributed by atoms with E-state index >= 15 is 0 Å². The summed E-state index contributed by atoms with van der Waals surface area (Å²) in [6.45, 7) is 10.4. The third-order valence-corrected chi connectivity index (χ3v) is 5.55. The van der Waals surface area contributed by atoms with Crippen LogP contribution < -0.4 is 0 Å². The normalized spacial score (nSPS) is 17.2. The minimum atomic E-state index is 0.612. The molecule has 0 saturated heterocycles. The third kappa shape index (κ3) is 9.56. The van der Waals surface area contributed by atoms with E-state index in [0.29, 0.717) is 12.2 Å². The molecule has 0 fully saturated rings. The number of hydrogen-bond acceptors (Lipinski definition) is 2. The highest BCUT2D eigenvalue weighted by atomic mass is 15.4. The summed E-state index contributed by atoms with van der Waals surface area (Å²) in [6.07, 6.45) is 25.0. The van der Waals surface area contributed by atoms with Gasteiger partial charge in [0.05, 0.1) is 0 Å². The van der Waals surface area contributed by atoms with E-state index < -0.39 is 0 Å². The second-order valence-corrected chi connectivity index (χ2v) is 8.24. The van der Waals surface area contributed by atoms with Gasteiger partial charge in [-0.1, -0.05) is 84.5 Å². The summed E-state index contributed by atoms with van der Waals surface area (Å²) in [5.74, 6) is 0. The van der Waals surface area contributed by atoms with Crippen LogP contribution >= 0.6 is 0 Å². The quantitative estimate of drug-likeness (QED) is 0.269. The molecule has 0 aromatic carbocycles. The minimum absolute atomic E-state index is 0.612. The van der Waals surface area contributed by atoms with Crippen LogP contribution in [0.4, 0.5) is 0 Å². The molecule has 0 radical (unpaired) electrons. The number of unbranched alkanes of at least 4 members (excludes halogenated alkanes) is 11. The van der Waals surface area contributed by atoms with E-state index in [1.165, 1.54) is 96.4 Å². The van der Waals surface area contributed by atoms with Gasteiger partial charge in [0.1, 0.15) is 6.17 Å². The lowest BCUT2D eigenvalue weighted by molar-refractivity contribution is 0.115. The van der Waals surface area contributed by atoms with Crippen LogP contribution in [0, 0.1) is 0 Å². The summed E-state index contributed by atoms with van der Waals surface area (Å²) in [5.41, 5.74) is 0. The Morgan fingerprint density at radius 1 is 0.680 bits per heavy atom. The number of nitrogens with zero attached hydrogens (tertiary/aromatic N) is 2. The molecule has 1 aliphatic rings. The lowest BCUT2D eigenvalue weighted by atomic mass is 10.0. The predicted molar refractivity (Wildman–Crippen MR) is 113 cm³/mol.